The van der Waals surface area contributed by atoms with Gasteiger partial charge in [-0.2, -0.15) is 0 Å². The molecule has 0 radical (unpaired) electrons. The van der Waals surface area contributed by atoms with Crippen LogP contribution in [0, 0.1) is 0 Å². The molecule has 21 heavy (non-hydrogen) atoms. The molecule has 2 rings (SSSR count). The minimum absolute atomic E-state index is 0.00163. The van der Waals surface area contributed by atoms with Gasteiger partial charge in [-0.3, -0.25) is 9.13 Å². The molecule has 114 valence electrons. The van der Waals surface area contributed by atoms with E-state index in [1.54, 1.807) is 15.3 Å². The maximum absolute atomic E-state index is 12.1. The number of aryl methyl sites for hydroxylation is 1. The van der Waals surface area contributed by atoms with Crippen molar-refractivity contribution in [2.75, 3.05) is 6.61 Å². The minimum Gasteiger partial charge on any atom is -0.494 e. The van der Waals surface area contributed by atoms with Gasteiger partial charge in [-0.15, -0.1) is 0 Å². The molecular formula is C16H23N3O2. The van der Waals surface area contributed by atoms with Gasteiger partial charge in [0, 0.05) is 31.5 Å². The smallest absolute Gasteiger partial charge is 0.328 e. The number of aromatic nitrogens is 2. The number of imidazole rings is 1. The van der Waals surface area contributed by atoms with Crippen LogP contribution in [0.15, 0.2) is 41.5 Å². The van der Waals surface area contributed by atoms with Gasteiger partial charge in [0.1, 0.15) is 5.75 Å². The monoisotopic (exact) mass is 289 g/mol. The molecule has 1 unspecified atom stereocenters. The second-order valence-electron chi connectivity index (χ2n) is 5.04. The van der Waals surface area contributed by atoms with Crippen molar-refractivity contribution < 1.29 is 4.74 Å². The van der Waals surface area contributed by atoms with Crippen LogP contribution >= 0.6 is 0 Å². The Morgan fingerprint density at radius 2 is 1.81 bits per heavy atom. The van der Waals surface area contributed by atoms with Gasteiger partial charge < -0.3 is 10.5 Å². The van der Waals surface area contributed by atoms with E-state index in [-0.39, 0.29) is 11.7 Å². The summed E-state index contributed by atoms with van der Waals surface area (Å²) >= 11 is 0. The molecule has 1 aromatic heterocycles. The topological polar surface area (TPSA) is 62.2 Å². The quantitative estimate of drug-likeness (QED) is 0.849. The van der Waals surface area contributed by atoms with E-state index in [0.29, 0.717) is 13.2 Å². The number of ether oxygens (including phenoxy) is 1. The van der Waals surface area contributed by atoms with Gasteiger partial charge >= 0.3 is 5.69 Å². The zero-order valence-electron chi connectivity index (χ0n) is 12.7. The second kappa shape index (κ2) is 7.13. The highest BCUT2D eigenvalue weighted by molar-refractivity contribution is 5.29. The molecule has 0 spiro atoms. The summed E-state index contributed by atoms with van der Waals surface area (Å²) in [6, 6.07) is 7.50. The van der Waals surface area contributed by atoms with Crippen molar-refractivity contribution >= 4 is 0 Å². The van der Waals surface area contributed by atoms with Crippen molar-refractivity contribution in [2.45, 2.75) is 39.4 Å². The Kier molecular flexibility index (Phi) is 5.22. The van der Waals surface area contributed by atoms with Gasteiger partial charge in [0.25, 0.3) is 0 Å². The first-order valence-electron chi connectivity index (χ1n) is 7.39. The van der Waals surface area contributed by atoms with Crippen LogP contribution in [0.2, 0.25) is 0 Å². The van der Waals surface area contributed by atoms with Crippen LogP contribution in [0.1, 0.15) is 31.9 Å². The maximum Gasteiger partial charge on any atom is 0.328 e. The van der Waals surface area contributed by atoms with Crippen LogP contribution in [0.5, 0.6) is 5.75 Å². The third kappa shape index (κ3) is 3.76. The molecule has 0 saturated heterocycles. The van der Waals surface area contributed by atoms with Gasteiger partial charge in [-0.1, -0.05) is 19.1 Å². The number of hydrogen-bond donors (Lipinski definition) is 1. The molecule has 0 fully saturated rings. The lowest BCUT2D eigenvalue weighted by atomic mass is 10.1. The van der Waals surface area contributed by atoms with Crippen molar-refractivity contribution in [3.05, 3.63) is 52.7 Å². The van der Waals surface area contributed by atoms with Gasteiger partial charge in [0.05, 0.1) is 6.61 Å². The molecule has 1 aromatic carbocycles. The Bertz CT molecular complexity index is 613. The average Bonchev–Trinajstić information content (AvgIpc) is 2.82. The van der Waals surface area contributed by atoms with Crippen molar-refractivity contribution in [3.63, 3.8) is 0 Å². The highest BCUT2D eigenvalue weighted by Gasteiger charge is 2.10. The molecule has 5 heteroatoms. The number of hydrogen-bond acceptors (Lipinski definition) is 3. The Morgan fingerprint density at radius 3 is 2.43 bits per heavy atom. The molecule has 0 saturated carbocycles. The first-order chi connectivity index (χ1) is 10.2. The third-order valence-corrected chi connectivity index (χ3v) is 3.40. The van der Waals surface area contributed by atoms with Crippen LogP contribution in [-0.2, 0) is 13.1 Å². The highest BCUT2D eigenvalue weighted by Crippen LogP contribution is 2.17. The summed E-state index contributed by atoms with van der Waals surface area (Å²) in [5, 5.41) is 0. The van der Waals surface area contributed by atoms with Gasteiger partial charge in [-0.05, 0) is 31.0 Å². The lowest BCUT2D eigenvalue weighted by Crippen LogP contribution is -2.28. The summed E-state index contributed by atoms with van der Waals surface area (Å²) in [6.07, 6.45) is 4.55. The van der Waals surface area contributed by atoms with Gasteiger partial charge in [-0.25, -0.2) is 4.79 Å². The SMILES string of the molecule is CCCn1ccn(CC(N)c2ccc(OCC)cc2)c1=O. The van der Waals surface area contributed by atoms with E-state index in [2.05, 4.69) is 6.92 Å². The molecule has 0 aliphatic carbocycles. The predicted molar refractivity (Wildman–Crippen MR) is 83.5 cm³/mol. The Labute approximate surface area is 125 Å². The Morgan fingerprint density at radius 1 is 1.14 bits per heavy atom. The minimum atomic E-state index is -0.212. The van der Waals surface area contributed by atoms with Crippen LogP contribution in [0.3, 0.4) is 0 Å². The largest absolute Gasteiger partial charge is 0.494 e. The van der Waals surface area contributed by atoms with Crippen molar-refractivity contribution in [1.82, 2.24) is 9.13 Å². The van der Waals surface area contributed by atoms with Crippen molar-refractivity contribution in [1.29, 1.82) is 0 Å². The van der Waals surface area contributed by atoms with Gasteiger partial charge in [0.2, 0.25) is 0 Å². The highest BCUT2D eigenvalue weighted by atomic mass is 16.5. The third-order valence-electron chi connectivity index (χ3n) is 3.40. The van der Waals surface area contributed by atoms with Crippen LogP contribution in [0.4, 0.5) is 0 Å². The predicted octanol–water partition coefficient (Wildman–Crippen LogP) is 2.16. The molecule has 0 amide bonds. The summed E-state index contributed by atoms with van der Waals surface area (Å²) in [5.74, 6) is 0.833. The van der Waals surface area contributed by atoms with E-state index >= 15 is 0 Å². The number of benzene rings is 1. The summed E-state index contributed by atoms with van der Waals surface area (Å²) in [6.45, 7) is 5.86. The normalized spacial score (nSPS) is 12.3. The van der Waals surface area contributed by atoms with E-state index in [1.807, 2.05) is 37.4 Å². The Balaban J connectivity index is 2.07. The lowest BCUT2D eigenvalue weighted by molar-refractivity contribution is 0.340. The van der Waals surface area contributed by atoms with Crippen LogP contribution in [-0.4, -0.2) is 15.7 Å². The summed E-state index contributed by atoms with van der Waals surface area (Å²) in [7, 11) is 0. The molecule has 0 aliphatic rings. The first kappa shape index (κ1) is 15.4. The standard InChI is InChI=1S/C16H23N3O2/c1-3-9-18-10-11-19(16(18)20)12-15(17)13-5-7-14(8-6-13)21-4-2/h5-8,10-11,15H,3-4,9,12,17H2,1-2H3. The van der Waals surface area contributed by atoms with Crippen LogP contribution in [0.25, 0.3) is 0 Å². The lowest BCUT2D eigenvalue weighted by Gasteiger charge is -2.13. The van der Waals surface area contributed by atoms with Crippen molar-refractivity contribution in [3.8, 4) is 5.75 Å². The summed E-state index contributed by atoms with van der Waals surface area (Å²) < 4.78 is 8.79. The molecule has 2 aromatic rings. The molecular weight excluding hydrogens is 266 g/mol. The van der Waals surface area contributed by atoms with E-state index < -0.39 is 0 Å². The van der Waals surface area contributed by atoms with E-state index in [9.17, 15) is 4.79 Å². The molecule has 0 aliphatic heterocycles. The van der Waals surface area contributed by atoms with Gasteiger partial charge in [0.15, 0.2) is 0 Å². The molecule has 5 nitrogen and oxygen atoms in total. The number of nitrogens with zero attached hydrogens (tertiary/aromatic N) is 2. The first-order valence-corrected chi connectivity index (χ1v) is 7.39. The summed E-state index contributed by atoms with van der Waals surface area (Å²) in [5.41, 5.74) is 7.19. The van der Waals surface area contributed by atoms with Crippen molar-refractivity contribution in [2.24, 2.45) is 5.73 Å². The van der Waals surface area contributed by atoms with Crippen LogP contribution < -0.4 is 16.2 Å². The zero-order chi connectivity index (χ0) is 15.2. The fraction of sp³-hybridized carbons (Fsp3) is 0.438. The molecule has 1 atom stereocenters. The number of nitrogens with two attached hydrogens (primary N) is 1. The average molecular weight is 289 g/mol. The summed E-state index contributed by atoms with van der Waals surface area (Å²) in [4.78, 5) is 12.1. The Hall–Kier alpha value is -2.01. The molecule has 2 N–H and O–H groups in total. The van der Waals surface area contributed by atoms with E-state index in [0.717, 1.165) is 24.3 Å². The maximum atomic E-state index is 12.1. The number of rotatable bonds is 7. The second-order valence-corrected chi connectivity index (χ2v) is 5.04. The zero-order valence-corrected chi connectivity index (χ0v) is 12.7. The molecule has 1 heterocycles. The fourth-order valence-corrected chi connectivity index (χ4v) is 2.30. The molecule has 0 bridgehead atoms. The van der Waals surface area contributed by atoms with E-state index in [4.69, 9.17) is 10.5 Å². The fourth-order valence-electron chi connectivity index (χ4n) is 2.30. The van der Waals surface area contributed by atoms with E-state index in [1.165, 1.54) is 0 Å².